The number of aromatic nitrogens is 5. The molecule has 0 spiro atoms. The average molecular weight is 615 g/mol. The molecule has 7 rings (SSSR count). The smallest absolute Gasteiger partial charge is 0.403 e. The van der Waals surface area contributed by atoms with Crippen LogP contribution in [0.2, 0.25) is 0 Å². The van der Waals surface area contributed by atoms with Crippen LogP contribution in [0.15, 0.2) is 88.5 Å². The fourth-order valence-electron chi connectivity index (χ4n) is 5.24. The Morgan fingerprint density at radius 1 is 0.911 bits per heavy atom. The fourth-order valence-corrected chi connectivity index (χ4v) is 5.24. The Morgan fingerprint density at radius 2 is 1.69 bits per heavy atom. The highest BCUT2D eigenvalue weighted by atomic mass is 19.4. The zero-order chi connectivity index (χ0) is 31.0. The predicted octanol–water partition coefficient (Wildman–Crippen LogP) is 4.57. The molecule has 2 aromatic carbocycles. The number of hydrogen-bond donors (Lipinski definition) is 1. The summed E-state index contributed by atoms with van der Waals surface area (Å²) in [5.74, 6) is 0.561. The second-order valence-electron chi connectivity index (χ2n) is 10.4. The van der Waals surface area contributed by atoms with Crippen molar-refractivity contribution in [3.05, 3.63) is 101 Å². The molecule has 0 aliphatic carbocycles. The summed E-state index contributed by atoms with van der Waals surface area (Å²) in [5.41, 5.74) is 2.82. The number of nitrogens with zero attached hydrogens (tertiary/aromatic N) is 7. The fraction of sp³-hybridized carbons (Fsp3) is 0.226. The van der Waals surface area contributed by atoms with E-state index in [9.17, 15) is 18.0 Å². The summed E-state index contributed by atoms with van der Waals surface area (Å²) in [5, 5.41) is 15.9. The van der Waals surface area contributed by atoms with Crippen LogP contribution in [0.4, 0.5) is 25.0 Å². The van der Waals surface area contributed by atoms with Gasteiger partial charge in [-0.15, -0.1) is 10.2 Å². The number of halogens is 3. The third-order valence-corrected chi connectivity index (χ3v) is 7.48. The molecule has 1 saturated heterocycles. The van der Waals surface area contributed by atoms with E-state index in [2.05, 4.69) is 25.6 Å². The molecule has 0 bridgehead atoms. The third kappa shape index (κ3) is 5.79. The number of anilines is 2. The van der Waals surface area contributed by atoms with Gasteiger partial charge in [0.25, 0.3) is 5.89 Å². The number of alkyl halides is 3. The van der Waals surface area contributed by atoms with Gasteiger partial charge < -0.3 is 19.4 Å². The number of nitrogens with one attached hydrogen (secondary N) is 1. The lowest BCUT2D eigenvalue weighted by molar-refractivity contribution is -0.137. The number of benzene rings is 2. The number of Topliss-reactive ketones (excluding diaryl/α,β-unsaturated/α-hetero) is 1. The molecule has 3 aromatic heterocycles. The zero-order valence-electron chi connectivity index (χ0n) is 23.6. The normalized spacial score (nSPS) is 17.0. The van der Waals surface area contributed by atoms with E-state index < -0.39 is 17.9 Å². The number of aliphatic imine (C=N–C) groups is 1. The second-order valence-corrected chi connectivity index (χ2v) is 10.4. The van der Waals surface area contributed by atoms with Gasteiger partial charge in [-0.1, -0.05) is 59.7 Å². The van der Waals surface area contributed by atoms with Gasteiger partial charge in [-0.25, -0.2) is 9.67 Å². The second kappa shape index (κ2) is 11.6. The first-order valence-corrected chi connectivity index (χ1v) is 14.1. The van der Waals surface area contributed by atoms with Gasteiger partial charge in [0.05, 0.1) is 24.5 Å². The number of rotatable bonds is 6. The van der Waals surface area contributed by atoms with Gasteiger partial charge in [-0.2, -0.15) is 13.2 Å². The molecule has 5 aromatic rings. The van der Waals surface area contributed by atoms with Crippen molar-refractivity contribution in [3.63, 3.8) is 0 Å². The SMILES string of the molecule is O=C1Cc2ccccc2C(c2ccccc2)=N[C@@H]1Nc1nnc(-c2cn(-c3ccc(C(F)(F)F)cn3)nc2N2CCOCC2)o1. The summed E-state index contributed by atoms with van der Waals surface area (Å²) in [6.45, 7) is 1.99. The van der Waals surface area contributed by atoms with E-state index in [-0.39, 0.29) is 29.9 Å². The van der Waals surface area contributed by atoms with Crippen LogP contribution in [0.1, 0.15) is 22.3 Å². The molecular weight excluding hydrogens is 589 g/mol. The van der Waals surface area contributed by atoms with Gasteiger partial charge in [-0.05, 0) is 17.7 Å². The molecule has 1 atom stereocenters. The van der Waals surface area contributed by atoms with Gasteiger partial charge in [-0.3, -0.25) is 9.79 Å². The lowest BCUT2D eigenvalue weighted by Crippen LogP contribution is -2.36. The number of ether oxygens (including phenoxy) is 1. The number of carbonyl (C=O) groups is 1. The summed E-state index contributed by atoms with van der Waals surface area (Å²) in [4.78, 5) is 24.1. The third-order valence-electron chi connectivity index (χ3n) is 7.48. The zero-order valence-corrected chi connectivity index (χ0v) is 23.6. The van der Waals surface area contributed by atoms with Crippen molar-refractivity contribution in [2.45, 2.75) is 18.8 Å². The minimum Gasteiger partial charge on any atom is -0.403 e. The van der Waals surface area contributed by atoms with E-state index in [0.29, 0.717) is 43.4 Å². The Kier molecular flexibility index (Phi) is 7.33. The lowest BCUT2D eigenvalue weighted by atomic mass is 9.96. The number of ketones is 1. The Labute approximate surface area is 254 Å². The summed E-state index contributed by atoms with van der Waals surface area (Å²) >= 11 is 0. The Balaban J connectivity index is 1.21. The highest BCUT2D eigenvalue weighted by Gasteiger charge is 2.32. The Morgan fingerprint density at radius 3 is 2.44 bits per heavy atom. The standard InChI is InChI=1S/C31H25F3N8O3/c32-31(33,34)21-10-11-25(35-17-21)42-18-23(28(40-42)41-12-14-44-15-13-41)29-38-39-30(45-29)37-27-24(43)16-20-8-4-5-9-22(20)26(36-27)19-6-2-1-3-7-19/h1-11,17-18,27H,12-16H2,(H,37,39)/t27-/m1/s1. The van der Waals surface area contributed by atoms with Crippen LogP contribution in [-0.4, -0.2) is 68.9 Å². The molecule has 45 heavy (non-hydrogen) atoms. The summed E-state index contributed by atoms with van der Waals surface area (Å²) in [6, 6.07) is 19.4. The Bertz CT molecular complexity index is 1860. The number of pyridine rings is 1. The molecule has 1 fully saturated rings. The summed E-state index contributed by atoms with van der Waals surface area (Å²) in [7, 11) is 0. The molecule has 0 saturated carbocycles. The molecule has 0 unspecified atom stereocenters. The van der Waals surface area contributed by atoms with Crippen molar-refractivity contribution in [1.29, 1.82) is 0 Å². The van der Waals surface area contributed by atoms with Crippen molar-refractivity contribution in [2.24, 2.45) is 4.99 Å². The molecule has 1 N–H and O–H groups in total. The summed E-state index contributed by atoms with van der Waals surface area (Å²) in [6.07, 6.45) is -3.04. The maximum atomic E-state index is 13.4. The topological polar surface area (TPSA) is 124 Å². The first kappa shape index (κ1) is 28.4. The van der Waals surface area contributed by atoms with Gasteiger partial charge in [0.1, 0.15) is 5.56 Å². The quantitative estimate of drug-likeness (QED) is 0.293. The van der Waals surface area contributed by atoms with Gasteiger partial charge in [0, 0.05) is 43.0 Å². The molecule has 0 radical (unpaired) electrons. The molecule has 14 heteroatoms. The van der Waals surface area contributed by atoms with E-state index in [1.165, 1.54) is 10.7 Å². The molecule has 2 aliphatic heterocycles. The van der Waals surface area contributed by atoms with E-state index in [4.69, 9.17) is 14.1 Å². The van der Waals surface area contributed by atoms with Gasteiger partial charge in [0.15, 0.2) is 23.6 Å². The van der Waals surface area contributed by atoms with Crippen LogP contribution in [0.5, 0.6) is 0 Å². The van der Waals surface area contributed by atoms with Crippen molar-refractivity contribution in [2.75, 3.05) is 36.5 Å². The van der Waals surface area contributed by atoms with Gasteiger partial charge >= 0.3 is 12.2 Å². The van der Waals surface area contributed by atoms with Crippen molar-refractivity contribution >= 4 is 23.3 Å². The Hall–Kier alpha value is -5.37. The van der Waals surface area contributed by atoms with Gasteiger partial charge in [0.2, 0.25) is 0 Å². The highest BCUT2D eigenvalue weighted by molar-refractivity contribution is 6.16. The minimum atomic E-state index is -4.51. The number of fused-ring (bicyclic) bond motifs is 1. The average Bonchev–Trinajstić information content (AvgIpc) is 3.68. The number of carbonyl (C=O) groups excluding carboxylic acids is 1. The molecule has 2 aliphatic rings. The predicted molar refractivity (Wildman–Crippen MR) is 157 cm³/mol. The van der Waals surface area contributed by atoms with Crippen LogP contribution in [0, 0.1) is 0 Å². The maximum Gasteiger partial charge on any atom is 0.417 e. The van der Waals surface area contributed by atoms with Crippen molar-refractivity contribution < 1.29 is 27.1 Å². The molecule has 5 heterocycles. The van der Waals surface area contributed by atoms with Crippen LogP contribution in [0.25, 0.3) is 17.3 Å². The largest absolute Gasteiger partial charge is 0.417 e. The van der Waals surface area contributed by atoms with Crippen molar-refractivity contribution in [1.82, 2.24) is 25.0 Å². The monoisotopic (exact) mass is 614 g/mol. The number of hydrogen-bond acceptors (Lipinski definition) is 10. The summed E-state index contributed by atoms with van der Waals surface area (Å²) < 4.78 is 52.1. The van der Waals surface area contributed by atoms with E-state index >= 15 is 0 Å². The number of morpholine rings is 1. The van der Waals surface area contributed by atoms with E-state index in [0.717, 1.165) is 29.0 Å². The van der Waals surface area contributed by atoms with Crippen LogP contribution >= 0.6 is 0 Å². The molecule has 0 amide bonds. The first-order chi connectivity index (χ1) is 21.8. The van der Waals surface area contributed by atoms with E-state index in [1.807, 2.05) is 59.5 Å². The first-order valence-electron chi connectivity index (χ1n) is 14.1. The molecule has 11 nitrogen and oxygen atoms in total. The highest BCUT2D eigenvalue weighted by Crippen LogP contribution is 2.33. The van der Waals surface area contributed by atoms with E-state index in [1.54, 1.807) is 6.20 Å². The maximum absolute atomic E-state index is 13.4. The van der Waals surface area contributed by atoms with Crippen molar-refractivity contribution in [3.8, 4) is 17.3 Å². The minimum absolute atomic E-state index is 0.0289. The van der Waals surface area contributed by atoms with Crippen LogP contribution in [0.3, 0.4) is 0 Å². The van der Waals surface area contributed by atoms with Crippen LogP contribution < -0.4 is 10.2 Å². The molecular formula is C31H25F3N8O3. The van der Waals surface area contributed by atoms with Crippen LogP contribution in [-0.2, 0) is 22.1 Å². The molecule has 228 valence electrons. The lowest BCUT2D eigenvalue weighted by Gasteiger charge is -2.27.